The van der Waals surface area contributed by atoms with Gasteiger partial charge >= 0.3 is 0 Å². The van der Waals surface area contributed by atoms with E-state index in [1.165, 1.54) is 17.3 Å². The van der Waals surface area contributed by atoms with Crippen LogP contribution in [0.25, 0.3) is 5.76 Å². The van der Waals surface area contributed by atoms with Crippen molar-refractivity contribution in [1.82, 2.24) is 14.9 Å². The van der Waals surface area contributed by atoms with E-state index in [0.29, 0.717) is 30.7 Å². The van der Waals surface area contributed by atoms with E-state index in [0.717, 1.165) is 0 Å². The maximum absolute atomic E-state index is 12.7. The quantitative estimate of drug-likeness (QED) is 0.369. The molecule has 1 N–H and O–H groups in total. The molecular weight excluding hydrogens is 334 g/mol. The van der Waals surface area contributed by atoms with Crippen LogP contribution in [-0.4, -0.2) is 51.9 Å². The summed E-state index contributed by atoms with van der Waals surface area (Å²) in [6.45, 7) is 0.804. The molecule has 0 saturated carbocycles. The van der Waals surface area contributed by atoms with Crippen LogP contribution in [0.15, 0.2) is 54.6 Å². The normalized spacial score (nSPS) is 19.1. The number of ketones is 1. The second-order valence-corrected chi connectivity index (χ2v) is 5.86. The third-order valence-corrected chi connectivity index (χ3v) is 4.24. The van der Waals surface area contributed by atoms with E-state index in [-0.39, 0.29) is 11.3 Å². The lowest BCUT2D eigenvalue weighted by Crippen LogP contribution is -2.31. The maximum Gasteiger partial charge on any atom is 0.295 e. The molecule has 1 aliphatic rings. The van der Waals surface area contributed by atoms with Gasteiger partial charge in [0.25, 0.3) is 11.7 Å². The van der Waals surface area contributed by atoms with Crippen molar-refractivity contribution in [2.45, 2.75) is 12.5 Å². The Bertz CT molecular complexity index is 821. The second-order valence-electron chi connectivity index (χ2n) is 5.86. The maximum atomic E-state index is 12.7. The summed E-state index contributed by atoms with van der Waals surface area (Å²) in [5, 5.41) is 10.7. The first-order chi connectivity index (χ1) is 12.6. The molecule has 2 aromatic heterocycles. The lowest BCUT2D eigenvalue weighted by atomic mass is 9.96. The molecule has 1 unspecified atom stereocenters. The first-order valence-electron chi connectivity index (χ1n) is 8.22. The number of hydrogen-bond donors (Lipinski definition) is 1. The molecule has 2 aromatic rings. The Morgan fingerprint density at radius 1 is 1.19 bits per heavy atom. The molecule has 0 bridgehead atoms. The molecule has 1 saturated heterocycles. The zero-order chi connectivity index (χ0) is 18.5. The molecule has 7 nitrogen and oxygen atoms in total. The molecule has 1 amide bonds. The third-order valence-electron chi connectivity index (χ3n) is 4.24. The van der Waals surface area contributed by atoms with Crippen molar-refractivity contribution in [1.29, 1.82) is 0 Å². The van der Waals surface area contributed by atoms with Crippen molar-refractivity contribution in [2.75, 3.05) is 20.3 Å². The molecule has 0 radical (unpaired) electrons. The van der Waals surface area contributed by atoms with Crippen LogP contribution >= 0.6 is 0 Å². The van der Waals surface area contributed by atoms with Crippen LogP contribution in [-0.2, 0) is 14.3 Å². The molecule has 1 atom stereocenters. The molecule has 134 valence electrons. The number of rotatable bonds is 6. The number of pyridine rings is 2. The fourth-order valence-corrected chi connectivity index (χ4v) is 3.04. The van der Waals surface area contributed by atoms with Crippen molar-refractivity contribution in [3.05, 3.63) is 65.8 Å². The largest absolute Gasteiger partial charge is 0.507 e. The summed E-state index contributed by atoms with van der Waals surface area (Å²) < 4.78 is 5.04. The average Bonchev–Trinajstić information content (AvgIpc) is 2.94. The second kappa shape index (κ2) is 7.88. The van der Waals surface area contributed by atoms with Gasteiger partial charge in [-0.3, -0.25) is 19.6 Å². The standard InChI is InChI=1S/C19H19N3O4/c1-26-11-3-10-22-16(14-4-2-7-21-12-14)15(18(24)19(22)25)17(23)13-5-8-20-9-6-13/h2,4-9,12,16,23H,3,10-11H2,1H3. The summed E-state index contributed by atoms with van der Waals surface area (Å²) in [5.41, 5.74) is 1.16. The molecule has 1 aliphatic heterocycles. The van der Waals surface area contributed by atoms with Gasteiger partial charge in [-0.2, -0.15) is 0 Å². The minimum absolute atomic E-state index is 0.0617. The summed E-state index contributed by atoms with van der Waals surface area (Å²) in [6, 6.07) is 6.01. The van der Waals surface area contributed by atoms with Crippen LogP contribution in [0, 0.1) is 0 Å². The van der Waals surface area contributed by atoms with Crippen LogP contribution < -0.4 is 0 Å². The highest BCUT2D eigenvalue weighted by Gasteiger charge is 2.45. The van der Waals surface area contributed by atoms with Gasteiger partial charge in [0.2, 0.25) is 0 Å². The molecule has 0 spiro atoms. The predicted molar refractivity (Wildman–Crippen MR) is 94.0 cm³/mol. The van der Waals surface area contributed by atoms with Crippen molar-refractivity contribution in [3.63, 3.8) is 0 Å². The van der Waals surface area contributed by atoms with E-state index in [2.05, 4.69) is 9.97 Å². The minimum Gasteiger partial charge on any atom is -0.507 e. The van der Waals surface area contributed by atoms with E-state index >= 15 is 0 Å². The summed E-state index contributed by atoms with van der Waals surface area (Å²) in [6.07, 6.45) is 6.82. The molecule has 3 rings (SSSR count). The minimum atomic E-state index is -0.703. The number of carbonyl (C=O) groups is 2. The number of hydrogen-bond acceptors (Lipinski definition) is 6. The Labute approximate surface area is 151 Å². The van der Waals surface area contributed by atoms with Gasteiger partial charge in [-0.05, 0) is 30.2 Å². The highest BCUT2D eigenvalue weighted by atomic mass is 16.5. The number of likely N-dealkylation sites (tertiary alicyclic amines) is 1. The number of ether oxygens (including phenoxy) is 1. The summed E-state index contributed by atoms with van der Waals surface area (Å²) in [5.74, 6) is -1.55. The number of methoxy groups -OCH3 is 1. The Morgan fingerprint density at radius 2 is 1.96 bits per heavy atom. The predicted octanol–water partition coefficient (Wildman–Crippen LogP) is 1.93. The number of aliphatic hydroxyl groups excluding tert-OH is 1. The fourth-order valence-electron chi connectivity index (χ4n) is 3.04. The molecule has 1 fully saturated rings. The molecule has 0 aliphatic carbocycles. The van der Waals surface area contributed by atoms with Gasteiger partial charge in [-0.1, -0.05) is 6.07 Å². The number of carbonyl (C=O) groups excluding carboxylic acids is 2. The van der Waals surface area contributed by atoms with Crippen LogP contribution in [0.5, 0.6) is 0 Å². The molecule has 7 heteroatoms. The summed E-state index contributed by atoms with van der Waals surface area (Å²) in [7, 11) is 1.58. The fraction of sp³-hybridized carbons (Fsp3) is 0.263. The van der Waals surface area contributed by atoms with E-state index in [1.807, 2.05) is 0 Å². The van der Waals surface area contributed by atoms with Crippen LogP contribution in [0.1, 0.15) is 23.6 Å². The van der Waals surface area contributed by atoms with Crippen LogP contribution in [0.4, 0.5) is 0 Å². The molecular formula is C19H19N3O4. The van der Waals surface area contributed by atoms with Gasteiger partial charge in [0.05, 0.1) is 11.6 Å². The highest BCUT2D eigenvalue weighted by molar-refractivity contribution is 6.46. The Hall–Kier alpha value is -3.06. The number of Topliss-reactive ketones (excluding diaryl/α,β-unsaturated/α-hetero) is 1. The van der Waals surface area contributed by atoms with Crippen LogP contribution in [0.3, 0.4) is 0 Å². The number of aromatic nitrogens is 2. The zero-order valence-electron chi connectivity index (χ0n) is 14.3. The van der Waals surface area contributed by atoms with Crippen LogP contribution in [0.2, 0.25) is 0 Å². The van der Waals surface area contributed by atoms with E-state index in [4.69, 9.17) is 4.74 Å². The summed E-state index contributed by atoms with van der Waals surface area (Å²) in [4.78, 5) is 34.7. The van der Waals surface area contributed by atoms with Gasteiger partial charge in [-0.15, -0.1) is 0 Å². The van der Waals surface area contributed by atoms with Crippen molar-refractivity contribution >= 4 is 17.4 Å². The zero-order valence-corrected chi connectivity index (χ0v) is 14.3. The number of aliphatic hydroxyl groups is 1. The first-order valence-corrected chi connectivity index (χ1v) is 8.22. The Kier molecular flexibility index (Phi) is 5.38. The van der Waals surface area contributed by atoms with E-state index < -0.39 is 17.7 Å². The van der Waals surface area contributed by atoms with E-state index in [9.17, 15) is 14.7 Å². The average molecular weight is 353 g/mol. The number of nitrogens with zero attached hydrogens (tertiary/aromatic N) is 3. The lowest BCUT2D eigenvalue weighted by Gasteiger charge is -2.24. The van der Waals surface area contributed by atoms with E-state index in [1.54, 1.807) is 43.8 Å². The molecule has 26 heavy (non-hydrogen) atoms. The SMILES string of the molecule is COCCCN1C(=O)C(=O)C(=C(O)c2ccncc2)C1c1cccnc1. The van der Waals surface area contributed by atoms with Gasteiger partial charge in [0, 0.05) is 50.6 Å². The van der Waals surface area contributed by atoms with Crippen molar-refractivity contribution < 1.29 is 19.4 Å². The first kappa shape index (κ1) is 17.8. The smallest absolute Gasteiger partial charge is 0.295 e. The highest BCUT2D eigenvalue weighted by Crippen LogP contribution is 2.38. The number of amides is 1. The topological polar surface area (TPSA) is 92.6 Å². The van der Waals surface area contributed by atoms with Crippen molar-refractivity contribution in [3.8, 4) is 0 Å². The van der Waals surface area contributed by atoms with Gasteiger partial charge < -0.3 is 14.7 Å². The third kappa shape index (κ3) is 3.34. The Morgan fingerprint density at radius 3 is 2.62 bits per heavy atom. The summed E-state index contributed by atoms with van der Waals surface area (Å²) >= 11 is 0. The monoisotopic (exact) mass is 353 g/mol. The lowest BCUT2D eigenvalue weighted by molar-refractivity contribution is -0.140. The van der Waals surface area contributed by atoms with Gasteiger partial charge in [0.15, 0.2) is 0 Å². The Balaban J connectivity index is 2.09. The van der Waals surface area contributed by atoms with Gasteiger partial charge in [0.1, 0.15) is 5.76 Å². The van der Waals surface area contributed by atoms with Crippen molar-refractivity contribution in [2.24, 2.45) is 0 Å². The molecule has 3 heterocycles. The molecule has 0 aromatic carbocycles. The van der Waals surface area contributed by atoms with Gasteiger partial charge in [-0.25, -0.2) is 0 Å².